The molecule has 2 heterocycles. The van der Waals surface area contributed by atoms with Gasteiger partial charge in [-0.25, -0.2) is 0 Å². The lowest BCUT2D eigenvalue weighted by Crippen LogP contribution is -2.46. The minimum Gasteiger partial charge on any atom is -0.472 e. The first-order valence-electron chi connectivity index (χ1n) is 8.23. The molecule has 0 saturated carbocycles. The van der Waals surface area contributed by atoms with Gasteiger partial charge in [-0.1, -0.05) is 24.3 Å². The van der Waals surface area contributed by atoms with Crippen molar-refractivity contribution in [1.82, 2.24) is 10.2 Å². The molecule has 0 unspecified atom stereocenters. The molecular weight excluding hydrogens is 304 g/mol. The number of likely N-dealkylation sites (tertiary alicyclic amines) is 1. The number of carbonyl (C=O) groups is 2. The Labute approximate surface area is 141 Å². The van der Waals surface area contributed by atoms with Gasteiger partial charge in [-0.15, -0.1) is 0 Å². The van der Waals surface area contributed by atoms with Crippen molar-refractivity contribution in [1.29, 1.82) is 0 Å². The van der Waals surface area contributed by atoms with Gasteiger partial charge in [0.25, 0.3) is 5.91 Å². The second-order valence-corrected chi connectivity index (χ2v) is 6.33. The van der Waals surface area contributed by atoms with Crippen LogP contribution in [-0.4, -0.2) is 35.8 Å². The van der Waals surface area contributed by atoms with E-state index in [1.807, 2.05) is 17.0 Å². The van der Waals surface area contributed by atoms with Crippen molar-refractivity contribution in [2.75, 3.05) is 13.1 Å². The molecule has 24 heavy (non-hydrogen) atoms. The van der Waals surface area contributed by atoms with Crippen LogP contribution in [0, 0.1) is 6.92 Å². The second kappa shape index (κ2) is 6.91. The van der Waals surface area contributed by atoms with Crippen LogP contribution < -0.4 is 5.32 Å². The number of furan rings is 1. The largest absolute Gasteiger partial charge is 0.472 e. The third-order valence-corrected chi connectivity index (χ3v) is 4.63. The zero-order valence-corrected chi connectivity index (χ0v) is 14.0. The fraction of sp³-hybridized carbons (Fsp3) is 0.368. The highest BCUT2D eigenvalue weighted by atomic mass is 16.3. The quantitative estimate of drug-likeness (QED) is 0.939. The molecule has 1 N–H and O–H groups in total. The lowest BCUT2D eigenvalue weighted by Gasteiger charge is -2.22. The standard InChI is InChI=1S/C19H22N2O3/c1-13-5-3-4-6-17(13)15-7-9-21(11-15)19(23)14(2)20-18(22)16-8-10-24-12-16/h3-6,8,10,12,14-15H,7,9,11H2,1-2H3,(H,20,22)/t14-,15-/m0/s1. The van der Waals surface area contributed by atoms with Gasteiger partial charge < -0.3 is 14.6 Å². The normalized spacial score (nSPS) is 18.4. The van der Waals surface area contributed by atoms with E-state index < -0.39 is 6.04 Å². The molecule has 1 saturated heterocycles. The summed E-state index contributed by atoms with van der Waals surface area (Å²) in [5, 5.41) is 2.73. The summed E-state index contributed by atoms with van der Waals surface area (Å²) in [7, 11) is 0. The predicted molar refractivity (Wildman–Crippen MR) is 90.8 cm³/mol. The van der Waals surface area contributed by atoms with Gasteiger partial charge in [0.05, 0.1) is 11.8 Å². The maximum atomic E-state index is 12.6. The molecule has 5 heteroatoms. The van der Waals surface area contributed by atoms with Crippen molar-refractivity contribution < 1.29 is 14.0 Å². The Kier molecular flexibility index (Phi) is 4.69. The number of hydrogen-bond donors (Lipinski definition) is 1. The number of amides is 2. The molecule has 2 atom stereocenters. The Bertz CT molecular complexity index is 724. The molecular formula is C19H22N2O3. The lowest BCUT2D eigenvalue weighted by atomic mass is 9.94. The Morgan fingerprint density at radius 1 is 1.29 bits per heavy atom. The van der Waals surface area contributed by atoms with Crippen molar-refractivity contribution in [3.05, 3.63) is 59.5 Å². The zero-order valence-electron chi connectivity index (χ0n) is 14.0. The average Bonchev–Trinajstić information content (AvgIpc) is 3.26. The SMILES string of the molecule is Cc1ccccc1[C@H]1CCN(C(=O)[C@H](C)NC(=O)c2ccoc2)C1. The number of benzene rings is 1. The zero-order chi connectivity index (χ0) is 17.1. The van der Waals surface area contributed by atoms with Crippen molar-refractivity contribution in [3.63, 3.8) is 0 Å². The van der Waals surface area contributed by atoms with Crippen molar-refractivity contribution in [3.8, 4) is 0 Å². The lowest BCUT2D eigenvalue weighted by molar-refractivity contribution is -0.131. The molecule has 2 aromatic rings. The summed E-state index contributed by atoms with van der Waals surface area (Å²) in [6.45, 7) is 5.26. The van der Waals surface area contributed by atoms with E-state index >= 15 is 0 Å². The predicted octanol–water partition coefficient (Wildman–Crippen LogP) is 2.72. The molecule has 126 valence electrons. The van der Waals surface area contributed by atoms with Gasteiger partial charge in [0.2, 0.25) is 5.91 Å². The van der Waals surface area contributed by atoms with Crippen LogP contribution in [0.25, 0.3) is 0 Å². The number of aryl methyl sites for hydroxylation is 1. The summed E-state index contributed by atoms with van der Waals surface area (Å²) in [5.41, 5.74) is 3.00. The number of rotatable bonds is 4. The Morgan fingerprint density at radius 3 is 2.79 bits per heavy atom. The van der Waals surface area contributed by atoms with Gasteiger partial charge in [-0.05, 0) is 37.5 Å². The van der Waals surface area contributed by atoms with Crippen LogP contribution in [0.1, 0.15) is 40.7 Å². The smallest absolute Gasteiger partial charge is 0.255 e. The molecule has 0 aliphatic carbocycles. The van der Waals surface area contributed by atoms with Gasteiger partial charge in [0.1, 0.15) is 12.3 Å². The first kappa shape index (κ1) is 16.3. The maximum Gasteiger partial charge on any atom is 0.255 e. The van der Waals surface area contributed by atoms with Gasteiger partial charge in [-0.3, -0.25) is 9.59 Å². The van der Waals surface area contributed by atoms with E-state index in [1.54, 1.807) is 13.0 Å². The van der Waals surface area contributed by atoms with Crippen LogP contribution in [0.4, 0.5) is 0 Å². The first-order valence-corrected chi connectivity index (χ1v) is 8.23. The summed E-state index contributed by atoms with van der Waals surface area (Å²) in [6.07, 6.45) is 3.77. The Morgan fingerprint density at radius 2 is 2.08 bits per heavy atom. The van der Waals surface area contributed by atoms with E-state index in [2.05, 4.69) is 24.4 Å². The fourth-order valence-corrected chi connectivity index (χ4v) is 3.27. The maximum absolute atomic E-state index is 12.6. The van der Waals surface area contributed by atoms with E-state index in [0.717, 1.165) is 13.0 Å². The average molecular weight is 326 g/mol. The highest BCUT2D eigenvalue weighted by Crippen LogP contribution is 2.29. The van der Waals surface area contributed by atoms with Crippen molar-refractivity contribution >= 4 is 11.8 Å². The molecule has 3 rings (SSSR count). The minimum absolute atomic E-state index is 0.0390. The van der Waals surface area contributed by atoms with Gasteiger partial charge in [0.15, 0.2) is 0 Å². The van der Waals surface area contributed by atoms with E-state index in [1.165, 1.54) is 23.7 Å². The van der Waals surface area contributed by atoms with Crippen LogP contribution in [0.15, 0.2) is 47.3 Å². The fourth-order valence-electron chi connectivity index (χ4n) is 3.27. The Balaban J connectivity index is 1.60. The monoisotopic (exact) mass is 326 g/mol. The van der Waals surface area contributed by atoms with E-state index in [4.69, 9.17) is 4.42 Å². The number of carbonyl (C=O) groups excluding carboxylic acids is 2. The molecule has 1 aromatic carbocycles. The summed E-state index contributed by atoms with van der Waals surface area (Å²) in [4.78, 5) is 26.5. The molecule has 2 amide bonds. The molecule has 5 nitrogen and oxygen atoms in total. The summed E-state index contributed by atoms with van der Waals surface area (Å²) in [6, 6.07) is 9.34. The minimum atomic E-state index is -0.553. The van der Waals surface area contributed by atoms with Crippen LogP contribution in [-0.2, 0) is 4.79 Å². The number of nitrogens with zero attached hydrogens (tertiary/aromatic N) is 1. The van der Waals surface area contributed by atoms with Crippen LogP contribution in [0.5, 0.6) is 0 Å². The molecule has 1 aliphatic heterocycles. The summed E-state index contributed by atoms with van der Waals surface area (Å²) < 4.78 is 4.90. The van der Waals surface area contributed by atoms with Crippen molar-refractivity contribution in [2.24, 2.45) is 0 Å². The molecule has 0 bridgehead atoms. The number of nitrogens with one attached hydrogen (secondary N) is 1. The van der Waals surface area contributed by atoms with Gasteiger partial charge in [0, 0.05) is 19.0 Å². The third-order valence-electron chi connectivity index (χ3n) is 4.63. The van der Waals surface area contributed by atoms with E-state index in [0.29, 0.717) is 18.0 Å². The van der Waals surface area contributed by atoms with E-state index in [-0.39, 0.29) is 11.8 Å². The topological polar surface area (TPSA) is 62.6 Å². The molecule has 0 radical (unpaired) electrons. The summed E-state index contributed by atoms with van der Waals surface area (Å²) >= 11 is 0. The molecule has 1 aliphatic rings. The van der Waals surface area contributed by atoms with Crippen LogP contribution in [0.2, 0.25) is 0 Å². The molecule has 0 spiro atoms. The van der Waals surface area contributed by atoms with Crippen LogP contribution in [0.3, 0.4) is 0 Å². The third kappa shape index (κ3) is 3.35. The van der Waals surface area contributed by atoms with Crippen LogP contribution >= 0.6 is 0 Å². The highest BCUT2D eigenvalue weighted by Gasteiger charge is 2.31. The van der Waals surface area contributed by atoms with Gasteiger partial charge >= 0.3 is 0 Å². The Hall–Kier alpha value is -2.56. The van der Waals surface area contributed by atoms with Crippen molar-refractivity contribution in [2.45, 2.75) is 32.2 Å². The second-order valence-electron chi connectivity index (χ2n) is 6.33. The highest BCUT2D eigenvalue weighted by molar-refractivity contribution is 5.97. The molecule has 1 fully saturated rings. The number of hydrogen-bond acceptors (Lipinski definition) is 3. The first-order chi connectivity index (χ1) is 11.6. The summed E-state index contributed by atoms with van der Waals surface area (Å²) in [5.74, 6) is 0.0362. The van der Waals surface area contributed by atoms with E-state index in [9.17, 15) is 9.59 Å². The van der Waals surface area contributed by atoms with Gasteiger partial charge in [-0.2, -0.15) is 0 Å². The molecule has 1 aromatic heterocycles.